The number of rotatable bonds is 4. The zero-order chi connectivity index (χ0) is 15.4. The lowest BCUT2D eigenvalue weighted by Crippen LogP contribution is -2.44. The first-order valence-corrected chi connectivity index (χ1v) is 8.36. The largest absolute Gasteiger partial charge is 0.381 e. The van der Waals surface area contributed by atoms with Crippen molar-refractivity contribution in [1.29, 1.82) is 0 Å². The molecule has 4 heteroatoms. The van der Waals surface area contributed by atoms with Crippen molar-refractivity contribution < 1.29 is 9.53 Å². The number of amides is 1. The highest BCUT2D eigenvalue weighted by Crippen LogP contribution is 2.19. The van der Waals surface area contributed by atoms with Crippen LogP contribution in [0.5, 0.6) is 0 Å². The van der Waals surface area contributed by atoms with Crippen molar-refractivity contribution in [2.75, 3.05) is 32.8 Å². The molecule has 0 aliphatic carbocycles. The highest BCUT2D eigenvalue weighted by atomic mass is 16.5. The predicted molar refractivity (Wildman–Crippen MR) is 86.4 cm³/mol. The van der Waals surface area contributed by atoms with Crippen LogP contribution in [0.4, 0.5) is 0 Å². The van der Waals surface area contributed by atoms with Crippen molar-refractivity contribution in [3.63, 3.8) is 0 Å². The van der Waals surface area contributed by atoms with E-state index in [9.17, 15) is 4.79 Å². The molecule has 3 rings (SSSR count). The topological polar surface area (TPSA) is 32.8 Å². The molecule has 2 heterocycles. The molecule has 0 saturated carbocycles. The molecule has 1 amide bonds. The molecule has 1 unspecified atom stereocenters. The number of carbonyl (C=O) groups excluding carboxylic acids is 1. The quantitative estimate of drug-likeness (QED) is 0.854. The lowest BCUT2D eigenvalue weighted by Gasteiger charge is -2.32. The van der Waals surface area contributed by atoms with Crippen molar-refractivity contribution in [2.45, 2.75) is 32.4 Å². The Morgan fingerprint density at radius 3 is 2.68 bits per heavy atom. The van der Waals surface area contributed by atoms with Gasteiger partial charge in [-0.15, -0.1) is 0 Å². The van der Waals surface area contributed by atoms with Crippen LogP contribution in [0.25, 0.3) is 0 Å². The van der Waals surface area contributed by atoms with E-state index in [4.69, 9.17) is 4.74 Å². The van der Waals surface area contributed by atoms with Crippen molar-refractivity contribution in [3.05, 3.63) is 35.9 Å². The molecular weight excluding hydrogens is 276 g/mol. The molecule has 2 saturated heterocycles. The standard InChI is InChI=1S/C18H26N2O2/c1-15-11-19(12-16-6-3-2-4-7-16)8-5-9-20(15)18(21)10-17-13-22-14-17/h2-4,6-7,15,17H,5,8-14H2,1H3. The summed E-state index contributed by atoms with van der Waals surface area (Å²) in [5.41, 5.74) is 1.35. The highest BCUT2D eigenvalue weighted by molar-refractivity contribution is 5.77. The second kappa shape index (κ2) is 7.25. The fourth-order valence-electron chi connectivity index (χ4n) is 3.37. The highest BCUT2D eigenvalue weighted by Gasteiger charge is 2.29. The third-order valence-corrected chi connectivity index (χ3v) is 4.67. The normalized spacial score (nSPS) is 23.9. The molecule has 1 atom stereocenters. The number of ether oxygens (including phenoxy) is 1. The Morgan fingerprint density at radius 1 is 1.23 bits per heavy atom. The van der Waals surface area contributed by atoms with Crippen LogP contribution < -0.4 is 0 Å². The zero-order valence-electron chi connectivity index (χ0n) is 13.4. The Bertz CT molecular complexity index is 487. The Hall–Kier alpha value is -1.39. The molecule has 1 aromatic carbocycles. The predicted octanol–water partition coefficient (Wildman–Crippen LogP) is 2.15. The van der Waals surface area contributed by atoms with E-state index in [2.05, 4.69) is 47.1 Å². The third-order valence-electron chi connectivity index (χ3n) is 4.67. The second-order valence-electron chi connectivity index (χ2n) is 6.62. The minimum atomic E-state index is 0.291. The zero-order valence-corrected chi connectivity index (χ0v) is 13.4. The number of hydrogen-bond acceptors (Lipinski definition) is 3. The fourth-order valence-corrected chi connectivity index (χ4v) is 3.37. The average molecular weight is 302 g/mol. The molecular formula is C18H26N2O2. The first kappa shape index (κ1) is 15.5. The summed E-state index contributed by atoms with van der Waals surface area (Å²) in [6.45, 7) is 7.58. The number of nitrogens with zero attached hydrogens (tertiary/aromatic N) is 2. The van der Waals surface area contributed by atoms with Crippen LogP contribution in [0.3, 0.4) is 0 Å². The number of hydrogen-bond donors (Lipinski definition) is 0. The van der Waals surface area contributed by atoms with Crippen molar-refractivity contribution in [1.82, 2.24) is 9.80 Å². The first-order chi connectivity index (χ1) is 10.7. The van der Waals surface area contributed by atoms with E-state index in [-0.39, 0.29) is 0 Å². The summed E-state index contributed by atoms with van der Waals surface area (Å²) in [7, 11) is 0. The van der Waals surface area contributed by atoms with Gasteiger partial charge in [0.05, 0.1) is 13.2 Å². The van der Waals surface area contributed by atoms with Gasteiger partial charge in [0, 0.05) is 44.6 Å². The molecule has 0 N–H and O–H groups in total. The maximum atomic E-state index is 12.5. The molecule has 2 fully saturated rings. The van der Waals surface area contributed by atoms with E-state index in [1.54, 1.807) is 0 Å². The fraction of sp³-hybridized carbons (Fsp3) is 0.611. The molecule has 2 aliphatic heterocycles. The van der Waals surface area contributed by atoms with Crippen LogP contribution in [0, 0.1) is 5.92 Å². The summed E-state index contributed by atoms with van der Waals surface area (Å²) in [4.78, 5) is 17.0. The Labute approximate surface area is 133 Å². The van der Waals surface area contributed by atoms with Gasteiger partial charge in [0.1, 0.15) is 0 Å². The van der Waals surface area contributed by atoms with Crippen molar-refractivity contribution >= 4 is 5.91 Å². The summed E-state index contributed by atoms with van der Waals surface area (Å²) in [6.07, 6.45) is 1.72. The Balaban J connectivity index is 1.55. The molecule has 1 aromatic rings. The van der Waals surface area contributed by atoms with Gasteiger partial charge in [0.15, 0.2) is 0 Å². The smallest absolute Gasteiger partial charge is 0.223 e. The van der Waals surface area contributed by atoms with Crippen LogP contribution in [0.1, 0.15) is 25.3 Å². The minimum Gasteiger partial charge on any atom is -0.381 e. The van der Waals surface area contributed by atoms with Crippen LogP contribution in [-0.4, -0.2) is 54.6 Å². The van der Waals surface area contributed by atoms with Gasteiger partial charge in [-0.25, -0.2) is 0 Å². The van der Waals surface area contributed by atoms with Crippen molar-refractivity contribution in [2.24, 2.45) is 5.92 Å². The summed E-state index contributed by atoms with van der Waals surface area (Å²) >= 11 is 0. The van der Waals surface area contributed by atoms with E-state index >= 15 is 0 Å². The second-order valence-corrected chi connectivity index (χ2v) is 6.62. The Kier molecular flexibility index (Phi) is 5.11. The SMILES string of the molecule is CC1CN(Cc2ccccc2)CCCN1C(=O)CC1COC1. The van der Waals surface area contributed by atoms with E-state index in [1.165, 1.54) is 5.56 Å². The third kappa shape index (κ3) is 3.87. The number of benzene rings is 1. The van der Waals surface area contributed by atoms with Gasteiger partial charge in [-0.3, -0.25) is 9.69 Å². The Morgan fingerprint density at radius 2 is 2.00 bits per heavy atom. The first-order valence-electron chi connectivity index (χ1n) is 8.36. The summed E-state index contributed by atoms with van der Waals surface area (Å²) in [5, 5.41) is 0. The van der Waals surface area contributed by atoms with Crippen LogP contribution >= 0.6 is 0 Å². The molecule has 4 nitrogen and oxygen atoms in total. The van der Waals surface area contributed by atoms with E-state index < -0.39 is 0 Å². The van der Waals surface area contributed by atoms with Gasteiger partial charge >= 0.3 is 0 Å². The van der Waals surface area contributed by atoms with Gasteiger partial charge in [-0.2, -0.15) is 0 Å². The summed E-state index contributed by atoms with van der Waals surface area (Å²) in [6, 6.07) is 10.9. The molecule has 0 bridgehead atoms. The maximum absolute atomic E-state index is 12.5. The van der Waals surface area contributed by atoms with Gasteiger partial charge in [0.2, 0.25) is 5.91 Å². The number of carbonyl (C=O) groups is 1. The molecule has 22 heavy (non-hydrogen) atoms. The van der Waals surface area contributed by atoms with E-state index in [0.717, 1.165) is 45.8 Å². The molecule has 2 aliphatic rings. The van der Waals surface area contributed by atoms with Gasteiger partial charge in [0.25, 0.3) is 0 Å². The average Bonchev–Trinajstić information content (AvgIpc) is 2.65. The van der Waals surface area contributed by atoms with Crippen LogP contribution in [-0.2, 0) is 16.1 Å². The lowest BCUT2D eigenvalue weighted by molar-refractivity contribution is -0.138. The molecule has 0 spiro atoms. The maximum Gasteiger partial charge on any atom is 0.223 e. The molecule has 120 valence electrons. The van der Waals surface area contributed by atoms with Gasteiger partial charge in [-0.1, -0.05) is 30.3 Å². The molecule has 0 aromatic heterocycles. The van der Waals surface area contributed by atoms with Gasteiger partial charge < -0.3 is 9.64 Å². The summed E-state index contributed by atoms with van der Waals surface area (Å²) in [5.74, 6) is 0.755. The molecule has 0 radical (unpaired) electrons. The summed E-state index contributed by atoms with van der Waals surface area (Å²) < 4.78 is 5.18. The minimum absolute atomic E-state index is 0.291. The van der Waals surface area contributed by atoms with Gasteiger partial charge in [-0.05, 0) is 18.9 Å². The lowest BCUT2D eigenvalue weighted by atomic mass is 10.0. The van der Waals surface area contributed by atoms with E-state index in [1.807, 2.05) is 0 Å². The van der Waals surface area contributed by atoms with Crippen LogP contribution in [0.2, 0.25) is 0 Å². The monoisotopic (exact) mass is 302 g/mol. The van der Waals surface area contributed by atoms with Crippen molar-refractivity contribution in [3.8, 4) is 0 Å². The van der Waals surface area contributed by atoms with E-state index in [0.29, 0.717) is 24.3 Å². The van der Waals surface area contributed by atoms with Crippen LogP contribution in [0.15, 0.2) is 30.3 Å².